The van der Waals surface area contributed by atoms with Gasteiger partial charge in [0.1, 0.15) is 11.5 Å². The number of rotatable bonds is 3. The number of aryl methyl sites for hydroxylation is 1. The second-order valence-electron chi connectivity index (χ2n) is 3.93. The topological polar surface area (TPSA) is 88.1 Å². The molecule has 0 spiro atoms. The summed E-state index contributed by atoms with van der Waals surface area (Å²) in [5.41, 5.74) is 0. The predicted molar refractivity (Wildman–Crippen MR) is 67.4 cm³/mol. The summed E-state index contributed by atoms with van der Waals surface area (Å²) >= 11 is 0. The Labute approximate surface area is 101 Å². The van der Waals surface area contributed by atoms with E-state index in [1.165, 1.54) is 0 Å². The van der Waals surface area contributed by atoms with Crippen LogP contribution < -0.4 is 10.6 Å². The van der Waals surface area contributed by atoms with Gasteiger partial charge in [0.15, 0.2) is 11.9 Å². The summed E-state index contributed by atoms with van der Waals surface area (Å²) < 4.78 is 5.40. The lowest BCUT2D eigenvalue weighted by molar-refractivity contribution is 0.481. The van der Waals surface area contributed by atoms with Crippen molar-refractivity contribution in [2.75, 3.05) is 20.6 Å². The van der Waals surface area contributed by atoms with Crippen LogP contribution in [0.4, 0.5) is 0 Å². The summed E-state index contributed by atoms with van der Waals surface area (Å²) in [7, 11) is 3.49. The molecule has 17 heavy (non-hydrogen) atoms. The van der Waals surface area contributed by atoms with Crippen LogP contribution in [-0.4, -0.2) is 37.5 Å². The van der Waals surface area contributed by atoms with Gasteiger partial charge in [-0.25, -0.2) is 0 Å². The Kier molecular flexibility index (Phi) is 4.56. The van der Waals surface area contributed by atoms with Crippen LogP contribution in [0.5, 0.6) is 0 Å². The van der Waals surface area contributed by atoms with Gasteiger partial charge in [0.25, 0.3) is 0 Å². The van der Waals surface area contributed by atoms with Crippen LogP contribution in [0.25, 0.3) is 0 Å². The molecular formula is C11H19N5O. The van der Waals surface area contributed by atoms with Crippen molar-refractivity contribution >= 4 is 11.9 Å². The average molecular weight is 237 g/mol. The van der Waals surface area contributed by atoms with E-state index in [0.29, 0.717) is 13.0 Å². The second kappa shape index (κ2) is 5.93. The first-order valence-electron chi connectivity index (χ1n) is 5.39. The third kappa shape index (κ3) is 4.58. The normalized spacial score (nSPS) is 9.82. The molecule has 0 atom stereocenters. The molecule has 4 N–H and O–H groups in total. The highest BCUT2D eigenvalue weighted by Crippen LogP contribution is 2.05. The van der Waals surface area contributed by atoms with E-state index in [1.54, 1.807) is 19.0 Å². The maximum absolute atomic E-state index is 7.56. The lowest BCUT2D eigenvalue weighted by Crippen LogP contribution is -2.45. The summed E-state index contributed by atoms with van der Waals surface area (Å²) in [6.07, 6.45) is 0.715. The molecule has 1 aromatic heterocycles. The molecule has 0 saturated carbocycles. The molecular weight excluding hydrogens is 218 g/mol. The van der Waals surface area contributed by atoms with Gasteiger partial charge in [-0.2, -0.15) is 0 Å². The number of furan rings is 1. The molecule has 0 amide bonds. The van der Waals surface area contributed by atoms with E-state index in [9.17, 15) is 0 Å². The van der Waals surface area contributed by atoms with E-state index in [0.717, 1.165) is 11.5 Å². The second-order valence-corrected chi connectivity index (χ2v) is 3.93. The van der Waals surface area contributed by atoms with Crippen LogP contribution in [0.1, 0.15) is 11.5 Å². The summed E-state index contributed by atoms with van der Waals surface area (Å²) in [5, 5.41) is 20.5. The predicted octanol–water partition coefficient (Wildman–Crippen LogP) is 0.741. The molecule has 1 rings (SSSR count). The zero-order valence-electron chi connectivity index (χ0n) is 10.4. The van der Waals surface area contributed by atoms with Gasteiger partial charge in [-0.1, -0.05) is 0 Å². The van der Waals surface area contributed by atoms with Crippen LogP contribution in [-0.2, 0) is 6.42 Å². The molecule has 0 radical (unpaired) electrons. The average Bonchev–Trinajstić information content (AvgIpc) is 2.64. The maximum Gasteiger partial charge on any atom is 0.197 e. The van der Waals surface area contributed by atoms with Crippen molar-refractivity contribution in [2.24, 2.45) is 0 Å². The third-order valence-corrected chi connectivity index (χ3v) is 2.16. The number of guanidine groups is 2. The lowest BCUT2D eigenvalue weighted by Gasteiger charge is -2.16. The Morgan fingerprint density at radius 2 is 2.06 bits per heavy atom. The first-order valence-corrected chi connectivity index (χ1v) is 5.39. The third-order valence-electron chi connectivity index (χ3n) is 2.16. The Morgan fingerprint density at radius 3 is 2.59 bits per heavy atom. The lowest BCUT2D eigenvalue weighted by atomic mass is 10.3. The summed E-state index contributed by atoms with van der Waals surface area (Å²) in [6.45, 7) is 2.50. The van der Waals surface area contributed by atoms with E-state index < -0.39 is 0 Å². The number of nitrogens with zero attached hydrogens (tertiary/aromatic N) is 1. The fourth-order valence-corrected chi connectivity index (χ4v) is 1.20. The molecule has 0 aliphatic rings. The van der Waals surface area contributed by atoms with Gasteiger partial charge < -0.3 is 14.6 Å². The van der Waals surface area contributed by atoms with Crippen molar-refractivity contribution in [3.05, 3.63) is 23.7 Å². The number of hydrogen-bond donors (Lipinski definition) is 4. The highest BCUT2D eigenvalue weighted by atomic mass is 16.3. The maximum atomic E-state index is 7.56. The first kappa shape index (κ1) is 13.1. The van der Waals surface area contributed by atoms with Crippen LogP contribution >= 0.6 is 0 Å². The minimum atomic E-state index is 0.118. The quantitative estimate of drug-likeness (QED) is 0.461. The molecule has 0 aromatic carbocycles. The molecule has 6 heteroatoms. The zero-order valence-corrected chi connectivity index (χ0v) is 10.4. The molecule has 1 heterocycles. The van der Waals surface area contributed by atoms with Gasteiger partial charge in [0.2, 0.25) is 0 Å². The monoisotopic (exact) mass is 237 g/mol. The number of hydrogen-bond acceptors (Lipinski definition) is 3. The van der Waals surface area contributed by atoms with E-state index in [4.69, 9.17) is 15.2 Å². The van der Waals surface area contributed by atoms with Gasteiger partial charge >= 0.3 is 0 Å². The smallest absolute Gasteiger partial charge is 0.197 e. The van der Waals surface area contributed by atoms with Crippen LogP contribution in [0.15, 0.2) is 16.5 Å². The van der Waals surface area contributed by atoms with E-state index in [2.05, 4.69) is 10.6 Å². The highest BCUT2D eigenvalue weighted by molar-refractivity contribution is 5.95. The Morgan fingerprint density at radius 1 is 1.35 bits per heavy atom. The SMILES string of the molecule is Cc1ccc(CCNC(=N)NC(=N)N(C)C)o1. The summed E-state index contributed by atoms with van der Waals surface area (Å²) in [5.74, 6) is 2.08. The van der Waals surface area contributed by atoms with Crippen LogP contribution in [0.3, 0.4) is 0 Å². The minimum Gasteiger partial charge on any atom is -0.466 e. The standard InChI is InChI=1S/C11H19N5O/c1-8-4-5-9(17-8)6-7-14-10(12)15-11(13)16(2)3/h4-5H,6-7H2,1-3H3,(H4,12,13,14,15). The van der Waals surface area contributed by atoms with Crippen molar-refractivity contribution < 1.29 is 4.42 Å². The van der Waals surface area contributed by atoms with Gasteiger partial charge in [-0.15, -0.1) is 0 Å². The van der Waals surface area contributed by atoms with Crippen LogP contribution in [0.2, 0.25) is 0 Å². The van der Waals surface area contributed by atoms with Crippen molar-refractivity contribution in [1.82, 2.24) is 15.5 Å². The minimum absolute atomic E-state index is 0.118. The van der Waals surface area contributed by atoms with Crippen molar-refractivity contribution in [2.45, 2.75) is 13.3 Å². The van der Waals surface area contributed by atoms with Crippen molar-refractivity contribution in [3.63, 3.8) is 0 Å². The fourth-order valence-electron chi connectivity index (χ4n) is 1.20. The van der Waals surface area contributed by atoms with Crippen LogP contribution in [0, 0.1) is 17.7 Å². The fraction of sp³-hybridized carbons (Fsp3) is 0.455. The first-order chi connectivity index (χ1) is 7.99. The molecule has 0 fully saturated rings. The van der Waals surface area contributed by atoms with Gasteiger partial charge in [-0.05, 0) is 19.1 Å². The largest absolute Gasteiger partial charge is 0.466 e. The molecule has 0 unspecified atom stereocenters. The molecule has 6 nitrogen and oxygen atoms in total. The number of nitrogens with one attached hydrogen (secondary N) is 4. The Balaban J connectivity index is 2.23. The molecule has 0 saturated heterocycles. The van der Waals surface area contributed by atoms with Crippen molar-refractivity contribution in [3.8, 4) is 0 Å². The molecule has 94 valence electrons. The van der Waals surface area contributed by atoms with Gasteiger partial charge in [-0.3, -0.25) is 16.1 Å². The summed E-state index contributed by atoms with van der Waals surface area (Å²) in [6, 6.07) is 3.84. The van der Waals surface area contributed by atoms with E-state index >= 15 is 0 Å². The molecule has 0 aliphatic heterocycles. The Hall–Kier alpha value is -1.98. The summed E-state index contributed by atoms with van der Waals surface area (Å²) in [4.78, 5) is 1.59. The Bertz CT molecular complexity index is 396. The van der Waals surface area contributed by atoms with Gasteiger partial charge in [0.05, 0.1) is 0 Å². The molecule has 0 bridgehead atoms. The molecule has 0 aliphatic carbocycles. The highest BCUT2D eigenvalue weighted by Gasteiger charge is 2.03. The van der Waals surface area contributed by atoms with E-state index in [-0.39, 0.29) is 11.9 Å². The molecule has 1 aromatic rings. The van der Waals surface area contributed by atoms with E-state index in [1.807, 2.05) is 19.1 Å². The van der Waals surface area contributed by atoms with Crippen molar-refractivity contribution in [1.29, 1.82) is 10.8 Å². The zero-order chi connectivity index (χ0) is 12.8. The van der Waals surface area contributed by atoms with Gasteiger partial charge in [0, 0.05) is 27.1 Å².